The molecular weight excluding hydrogens is 216 g/mol. The van der Waals surface area contributed by atoms with E-state index < -0.39 is 0 Å². The molecule has 0 bridgehead atoms. The minimum absolute atomic E-state index is 0.0517. The molecule has 1 saturated heterocycles. The standard InChI is InChI=1S/C13H20N2O2/c16-12-10-7-2-1-3-8-11(10)14-13(17)15(12)9-5-4-6-9/h9-11H,1-8H2,(H,14,17). The summed E-state index contributed by atoms with van der Waals surface area (Å²) in [5.41, 5.74) is 0. The van der Waals surface area contributed by atoms with Gasteiger partial charge in [-0.1, -0.05) is 19.3 Å². The zero-order valence-corrected chi connectivity index (χ0v) is 10.2. The van der Waals surface area contributed by atoms with E-state index in [1.807, 2.05) is 0 Å². The Morgan fingerprint density at radius 3 is 2.41 bits per heavy atom. The van der Waals surface area contributed by atoms with Crippen LogP contribution in [0.5, 0.6) is 0 Å². The number of nitrogens with zero attached hydrogens (tertiary/aromatic N) is 1. The molecule has 0 spiro atoms. The fourth-order valence-corrected chi connectivity index (χ4v) is 3.27. The molecule has 2 aliphatic carbocycles. The second kappa shape index (κ2) is 4.31. The molecule has 0 radical (unpaired) electrons. The van der Waals surface area contributed by atoms with Crippen molar-refractivity contribution in [1.82, 2.24) is 10.2 Å². The van der Waals surface area contributed by atoms with E-state index in [2.05, 4.69) is 5.32 Å². The Bertz CT molecular complexity index is 338. The van der Waals surface area contributed by atoms with Gasteiger partial charge in [-0.3, -0.25) is 9.69 Å². The predicted octanol–water partition coefficient (Wildman–Crippen LogP) is 2.04. The Hall–Kier alpha value is -1.06. The number of hydrogen-bond acceptors (Lipinski definition) is 2. The summed E-state index contributed by atoms with van der Waals surface area (Å²) in [6, 6.07) is 0.156. The molecule has 4 nitrogen and oxygen atoms in total. The number of carbonyl (C=O) groups is 2. The summed E-state index contributed by atoms with van der Waals surface area (Å²) in [6.07, 6.45) is 8.52. The lowest BCUT2D eigenvalue weighted by molar-refractivity contribution is -0.139. The van der Waals surface area contributed by atoms with E-state index in [-0.39, 0.29) is 29.9 Å². The Morgan fingerprint density at radius 1 is 0.941 bits per heavy atom. The third-order valence-corrected chi connectivity index (χ3v) is 4.54. The van der Waals surface area contributed by atoms with Gasteiger partial charge in [0.1, 0.15) is 0 Å². The summed E-state index contributed by atoms with van der Waals surface area (Å²) in [5.74, 6) is 0.154. The molecule has 3 fully saturated rings. The molecule has 4 heteroatoms. The van der Waals surface area contributed by atoms with E-state index in [0.717, 1.165) is 44.9 Å². The van der Waals surface area contributed by atoms with Crippen LogP contribution >= 0.6 is 0 Å². The van der Waals surface area contributed by atoms with Crippen molar-refractivity contribution >= 4 is 11.9 Å². The lowest BCUT2D eigenvalue weighted by Gasteiger charge is -2.43. The summed E-state index contributed by atoms with van der Waals surface area (Å²) in [4.78, 5) is 25.9. The van der Waals surface area contributed by atoms with E-state index >= 15 is 0 Å². The molecule has 0 aromatic rings. The second-order valence-corrected chi connectivity index (χ2v) is 5.59. The molecule has 2 atom stereocenters. The highest BCUT2D eigenvalue weighted by Gasteiger charge is 2.44. The van der Waals surface area contributed by atoms with E-state index in [9.17, 15) is 9.59 Å². The first kappa shape index (κ1) is 11.1. The average molecular weight is 236 g/mol. The van der Waals surface area contributed by atoms with Gasteiger partial charge in [-0.15, -0.1) is 0 Å². The first-order valence-electron chi connectivity index (χ1n) is 6.91. The highest BCUT2D eigenvalue weighted by molar-refractivity contribution is 5.99. The largest absolute Gasteiger partial charge is 0.334 e. The number of carbonyl (C=O) groups excluding carboxylic acids is 2. The van der Waals surface area contributed by atoms with E-state index in [0.29, 0.717) is 0 Å². The van der Waals surface area contributed by atoms with Gasteiger partial charge >= 0.3 is 6.03 Å². The maximum Gasteiger partial charge on any atom is 0.324 e. The molecule has 1 heterocycles. The van der Waals surface area contributed by atoms with Gasteiger partial charge in [0.2, 0.25) is 5.91 Å². The van der Waals surface area contributed by atoms with Crippen LogP contribution in [0.15, 0.2) is 0 Å². The molecule has 3 amide bonds. The maximum atomic E-state index is 12.4. The van der Waals surface area contributed by atoms with E-state index in [1.165, 1.54) is 11.3 Å². The Labute approximate surface area is 102 Å². The van der Waals surface area contributed by atoms with Crippen molar-refractivity contribution < 1.29 is 9.59 Å². The molecule has 2 unspecified atom stereocenters. The SMILES string of the molecule is O=C1NC2CCCCCC2C(=O)N1C1CCC1. The fraction of sp³-hybridized carbons (Fsp3) is 0.846. The molecule has 0 aromatic heterocycles. The smallest absolute Gasteiger partial charge is 0.324 e. The molecule has 2 saturated carbocycles. The summed E-state index contributed by atoms with van der Waals surface area (Å²) in [7, 11) is 0. The summed E-state index contributed by atoms with van der Waals surface area (Å²) in [5, 5.41) is 3.05. The third kappa shape index (κ3) is 1.83. The van der Waals surface area contributed by atoms with Crippen LogP contribution < -0.4 is 5.32 Å². The highest BCUT2D eigenvalue weighted by Crippen LogP contribution is 2.33. The Morgan fingerprint density at radius 2 is 1.71 bits per heavy atom. The number of urea groups is 1. The monoisotopic (exact) mass is 236 g/mol. The van der Waals surface area contributed by atoms with E-state index in [4.69, 9.17) is 0 Å². The normalized spacial score (nSPS) is 34.7. The van der Waals surface area contributed by atoms with Gasteiger partial charge in [-0.2, -0.15) is 0 Å². The molecule has 94 valence electrons. The minimum Gasteiger partial charge on any atom is -0.334 e. The van der Waals surface area contributed by atoms with Gasteiger partial charge in [0.05, 0.1) is 5.92 Å². The van der Waals surface area contributed by atoms with Crippen molar-refractivity contribution in [3.8, 4) is 0 Å². The van der Waals surface area contributed by atoms with Crippen LogP contribution in [0.2, 0.25) is 0 Å². The number of hydrogen-bond donors (Lipinski definition) is 1. The van der Waals surface area contributed by atoms with Crippen LogP contribution in [0.3, 0.4) is 0 Å². The van der Waals surface area contributed by atoms with Crippen molar-refractivity contribution in [1.29, 1.82) is 0 Å². The van der Waals surface area contributed by atoms with Crippen LogP contribution in [0.25, 0.3) is 0 Å². The summed E-state index contributed by atoms with van der Waals surface area (Å²) in [6.45, 7) is 0. The van der Waals surface area contributed by atoms with Gasteiger partial charge in [0, 0.05) is 12.1 Å². The van der Waals surface area contributed by atoms with Crippen molar-refractivity contribution in [2.45, 2.75) is 63.5 Å². The maximum absolute atomic E-state index is 12.4. The number of nitrogens with one attached hydrogen (secondary N) is 1. The third-order valence-electron chi connectivity index (χ3n) is 4.54. The molecule has 0 aromatic carbocycles. The van der Waals surface area contributed by atoms with Crippen molar-refractivity contribution in [3.63, 3.8) is 0 Å². The number of amides is 3. The lowest BCUT2D eigenvalue weighted by atomic mass is 9.86. The lowest BCUT2D eigenvalue weighted by Crippen LogP contribution is -2.63. The average Bonchev–Trinajstić information content (AvgIpc) is 2.46. The molecule has 3 aliphatic rings. The van der Waals surface area contributed by atoms with E-state index in [1.54, 1.807) is 0 Å². The van der Waals surface area contributed by atoms with Gasteiger partial charge in [-0.05, 0) is 32.1 Å². The van der Waals surface area contributed by atoms with Crippen LogP contribution in [0.4, 0.5) is 4.79 Å². The zero-order chi connectivity index (χ0) is 11.8. The van der Waals surface area contributed by atoms with Crippen molar-refractivity contribution in [2.75, 3.05) is 0 Å². The summed E-state index contributed by atoms with van der Waals surface area (Å²) >= 11 is 0. The molecular formula is C13H20N2O2. The molecule has 17 heavy (non-hydrogen) atoms. The van der Waals surface area contributed by atoms with Crippen molar-refractivity contribution in [2.24, 2.45) is 5.92 Å². The second-order valence-electron chi connectivity index (χ2n) is 5.59. The first-order valence-corrected chi connectivity index (χ1v) is 6.91. The van der Waals surface area contributed by atoms with Crippen LogP contribution in [-0.2, 0) is 4.79 Å². The minimum atomic E-state index is -0.136. The van der Waals surface area contributed by atoms with Crippen LogP contribution in [0.1, 0.15) is 51.4 Å². The van der Waals surface area contributed by atoms with Gasteiger partial charge in [0.15, 0.2) is 0 Å². The fourth-order valence-electron chi connectivity index (χ4n) is 3.27. The topological polar surface area (TPSA) is 49.4 Å². The first-order chi connectivity index (χ1) is 8.27. The van der Waals surface area contributed by atoms with Crippen molar-refractivity contribution in [3.05, 3.63) is 0 Å². The quantitative estimate of drug-likeness (QED) is 0.757. The number of fused-ring (bicyclic) bond motifs is 1. The van der Waals surface area contributed by atoms with Crippen LogP contribution in [-0.4, -0.2) is 28.9 Å². The Balaban J connectivity index is 1.79. The van der Waals surface area contributed by atoms with Gasteiger partial charge < -0.3 is 5.32 Å². The Kier molecular flexibility index (Phi) is 2.81. The zero-order valence-electron chi connectivity index (χ0n) is 10.2. The van der Waals surface area contributed by atoms with Gasteiger partial charge in [0.25, 0.3) is 0 Å². The summed E-state index contributed by atoms with van der Waals surface area (Å²) < 4.78 is 0. The van der Waals surface area contributed by atoms with Crippen LogP contribution in [0, 0.1) is 5.92 Å². The highest BCUT2D eigenvalue weighted by atomic mass is 16.2. The van der Waals surface area contributed by atoms with Gasteiger partial charge in [-0.25, -0.2) is 4.79 Å². The molecule has 1 N–H and O–H groups in total. The molecule has 3 rings (SSSR count). The number of imide groups is 1. The molecule has 1 aliphatic heterocycles. The number of rotatable bonds is 1. The predicted molar refractivity (Wildman–Crippen MR) is 63.4 cm³/mol.